The van der Waals surface area contributed by atoms with E-state index >= 15 is 0 Å². The number of ether oxygens (including phenoxy) is 2. The van der Waals surface area contributed by atoms with E-state index in [2.05, 4.69) is 16.9 Å². The number of fused-ring (bicyclic) bond motifs is 3. The van der Waals surface area contributed by atoms with Gasteiger partial charge in [-0.3, -0.25) is 0 Å². The first-order chi connectivity index (χ1) is 15.6. The minimum Gasteiger partial charge on any atom is -0.618 e. The number of unbranched alkanes of at least 4 members (excludes halogenated alkanes) is 1. The highest BCUT2D eigenvalue weighted by molar-refractivity contribution is 5.93. The van der Waals surface area contributed by atoms with Gasteiger partial charge in [-0.25, -0.2) is 9.97 Å². The lowest BCUT2D eigenvalue weighted by molar-refractivity contribution is -0.548. The van der Waals surface area contributed by atoms with Crippen LogP contribution >= 0.6 is 0 Å². The van der Waals surface area contributed by atoms with Crippen molar-refractivity contribution in [2.24, 2.45) is 0 Å². The van der Waals surface area contributed by atoms with Gasteiger partial charge in [0.05, 0.1) is 24.8 Å². The lowest BCUT2D eigenvalue weighted by Crippen LogP contribution is -2.30. The smallest absolute Gasteiger partial charge is 0.246 e. The third kappa shape index (κ3) is 3.20. The van der Waals surface area contributed by atoms with Crippen molar-refractivity contribution in [3.63, 3.8) is 0 Å². The molecule has 0 amide bonds. The van der Waals surface area contributed by atoms with Gasteiger partial charge in [-0.2, -0.15) is 9.46 Å². The second kappa shape index (κ2) is 7.88. The molecule has 0 unspecified atom stereocenters. The lowest BCUT2D eigenvalue weighted by Gasteiger charge is -2.11. The predicted molar refractivity (Wildman–Crippen MR) is 121 cm³/mol. The fourth-order valence-electron chi connectivity index (χ4n) is 3.78. The highest BCUT2D eigenvalue weighted by atomic mass is 16.5. The van der Waals surface area contributed by atoms with Crippen molar-refractivity contribution in [3.8, 4) is 22.9 Å². The molecule has 0 atom stereocenters. The van der Waals surface area contributed by atoms with E-state index in [0.29, 0.717) is 57.0 Å². The molecule has 8 heteroatoms. The van der Waals surface area contributed by atoms with Gasteiger partial charge in [-0.1, -0.05) is 25.5 Å². The Morgan fingerprint density at radius 1 is 0.969 bits per heavy atom. The van der Waals surface area contributed by atoms with Crippen molar-refractivity contribution in [1.29, 1.82) is 0 Å². The fourth-order valence-corrected chi connectivity index (χ4v) is 3.78. The summed E-state index contributed by atoms with van der Waals surface area (Å²) in [4.78, 5) is 9.24. The molecule has 8 nitrogen and oxygen atoms in total. The van der Waals surface area contributed by atoms with Crippen LogP contribution in [0.15, 0.2) is 54.6 Å². The first-order valence-corrected chi connectivity index (χ1v) is 10.5. The summed E-state index contributed by atoms with van der Waals surface area (Å²) in [6.45, 7) is 2.74. The molecule has 0 fully saturated rings. The summed E-state index contributed by atoms with van der Waals surface area (Å²) in [6, 6.07) is 15.8. The topological polar surface area (TPSA) is 96.3 Å². The summed E-state index contributed by atoms with van der Waals surface area (Å²) in [5.74, 6) is 1.78. The second-order valence-electron chi connectivity index (χ2n) is 7.54. The highest BCUT2D eigenvalue weighted by Gasteiger charge is 2.19. The molecule has 2 aromatic heterocycles. The molecule has 0 aliphatic carbocycles. The van der Waals surface area contributed by atoms with Crippen LogP contribution in [0.1, 0.15) is 19.8 Å². The molecule has 5 aromatic rings. The van der Waals surface area contributed by atoms with E-state index in [-0.39, 0.29) is 0 Å². The van der Waals surface area contributed by atoms with Crippen LogP contribution in [-0.4, -0.2) is 33.6 Å². The normalized spacial score (nSPS) is 11.4. The van der Waals surface area contributed by atoms with E-state index in [1.54, 1.807) is 43.5 Å². The monoisotopic (exact) mass is 430 g/mol. The minimum atomic E-state index is 0.308. The van der Waals surface area contributed by atoms with Gasteiger partial charge in [0.2, 0.25) is 11.0 Å². The zero-order valence-corrected chi connectivity index (χ0v) is 17.8. The molecule has 0 saturated heterocycles. The van der Waals surface area contributed by atoms with Gasteiger partial charge in [0.15, 0.2) is 28.4 Å². The van der Waals surface area contributed by atoms with Gasteiger partial charge in [0.25, 0.3) is 0 Å². The zero-order valence-electron chi connectivity index (χ0n) is 17.8. The molecule has 2 heterocycles. The van der Waals surface area contributed by atoms with Crippen LogP contribution in [0, 0.1) is 5.21 Å². The fraction of sp³-hybridized carbons (Fsp3) is 0.208. The average molecular weight is 430 g/mol. The van der Waals surface area contributed by atoms with Crippen molar-refractivity contribution in [1.82, 2.24) is 14.7 Å². The number of imidazole rings is 1. The van der Waals surface area contributed by atoms with E-state index in [9.17, 15) is 10.4 Å². The Morgan fingerprint density at radius 2 is 1.75 bits per heavy atom. The van der Waals surface area contributed by atoms with E-state index in [0.717, 1.165) is 27.9 Å². The number of para-hydroxylation sites is 2. The number of hydrogen-bond donors (Lipinski definition) is 1. The molecule has 1 N–H and O–H groups in total. The molecule has 5 rings (SSSR count). The highest BCUT2D eigenvalue weighted by Crippen LogP contribution is 2.33. The van der Waals surface area contributed by atoms with E-state index in [1.807, 2.05) is 18.2 Å². The molecule has 0 aliphatic rings. The van der Waals surface area contributed by atoms with Crippen LogP contribution in [0.5, 0.6) is 11.5 Å². The maximum Gasteiger partial charge on any atom is 0.246 e. The van der Waals surface area contributed by atoms with Gasteiger partial charge in [0.1, 0.15) is 0 Å². The van der Waals surface area contributed by atoms with Crippen LogP contribution in [0.3, 0.4) is 0 Å². The standard InChI is InChI=1S/C24H22N4O4/c1-3-4-11-32-22-10-9-15(12-23(22)31-2)24-25-16-13-20-21(14-17(16)26-24)28(30)19-8-6-5-7-18(19)27(20)29/h5-10,12-14,29H,3-4,11H2,1-2H3. The Morgan fingerprint density at radius 3 is 2.53 bits per heavy atom. The largest absolute Gasteiger partial charge is 0.618 e. The molecule has 3 aromatic carbocycles. The Kier molecular flexibility index (Phi) is 4.89. The third-order valence-corrected chi connectivity index (χ3v) is 5.48. The number of hydrogen-bond acceptors (Lipinski definition) is 6. The molecule has 0 radical (unpaired) electrons. The number of nitrogens with zero attached hydrogens (tertiary/aromatic N) is 4. The zero-order chi connectivity index (χ0) is 22.2. The van der Waals surface area contributed by atoms with Crippen LogP contribution < -0.4 is 14.2 Å². The quantitative estimate of drug-likeness (QED) is 0.140. The summed E-state index contributed by atoms with van der Waals surface area (Å²) in [5, 5.41) is 23.6. The van der Waals surface area contributed by atoms with E-state index in [1.165, 1.54) is 0 Å². The molecule has 162 valence electrons. The summed E-state index contributed by atoms with van der Waals surface area (Å²) in [6.07, 6.45) is 2.02. The van der Waals surface area contributed by atoms with Crippen molar-refractivity contribution in [3.05, 3.63) is 59.8 Å². The number of rotatable bonds is 6. The summed E-state index contributed by atoms with van der Waals surface area (Å²) < 4.78 is 13.1. The molecule has 0 bridgehead atoms. The van der Waals surface area contributed by atoms with Crippen LogP contribution in [0.4, 0.5) is 0 Å². The Balaban J connectivity index is 1.62. The van der Waals surface area contributed by atoms with Gasteiger partial charge in [0, 0.05) is 23.8 Å². The Labute approximate surface area is 183 Å². The van der Waals surface area contributed by atoms with Crippen molar-refractivity contribution in [2.75, 3.05) is 13.7 Å². The van der Waals surface area contributed by atoms with Gasteiger partial charge in [-0.15, -0.1) is 0 Å². The second-order valence-corrected chi connectivity index (χ2v) is 7.54. The Hall–Kier alpha value is -4.07. The minimum absolute atomic E-state index is 0.308. The number of benzene rings is 3. The van der Waals surface area contributed by atoms with Crippen molar-refractivity contribution >= 4 is 33.1 Å². The van der Waals surface area contributed by atoms with Crippen LogP contribution in [0.25, 0.3) is 44.5 Å². The molecule has 32 heavy (non-hydrogen) atoms. The lowest BCUT2D eigenvalue weighted by atomic mass is 10.2. The average Bonchev–Trinajstić information content (AvgIpc) is 3.25. The van der Waals surface area contributed by atoms with Gasteiger partial charge < -0.3 is 19.9 Å². The van der Waals surface area contributed by atoms with Crippen LogP contribution in [0.2, 0.25) is 0 Å². The molecule has 0 saturated carbocycles. The maximum atomic E-state index is 12.9. The van der Waals surface area contributed by atoms with E-state index < -0.39 is 0 Å². The number of aromatic nitrogens is 4. The summed E-state index contributed by atoms with van der Waals surface area (Å²) in [5.41, 5.74) is 3.35. The predicted octanol–water partition coefficient (Wildman–Crippen LogP) is 4.46. The SMILES string of the molecule is CCCCOc1ccc(-c2nc3cc4c(cc3n2)[n+]([O-])c2ccccc2n4O)cc1OC. The van der Waals surface area contributed by atoms with Crippen molar-refractivity contribution < 1.29 is 19.4 Å². The van der Waals surface area contributed by atoms with Crippen LogP contribution in [-0.2, 0) is 0 Å². The number of methoxy groups -OCH3 is 1. The van der Waals surface area contributed by atoms with E-state index in [4.69, 9.17) is 9.47 Å². The van der Waals surface area contributed by atoms with Crippen molar-refractivity contribution in [2.45, 2.75) is 19.8 Å². The maximum absolute atomic E-state index is 12.9. The Bertz CT molecular complexity index is 1380. The summed E-state index contributed by atoms with van der Waals surface area (Å²) in [7, 11) is 1.60. The molecule has 0 aliphatic heterocycles. The first-order valence-electron chi connectivity index (χ1n) is 10.5. The first kappa shape index (κ1) is 19.9. The van der Waals surface area contributed by atoms with Gasteiger partial charge >= 0.3 is 0 Å². The third-order valence-electron chi connectivity index (χ3n) is 5.48. The molecular formula is C24H22N4O4. The summed E-state index contributed by atoms with van der Waals surface area (Å²) >= 11 is 0. The van der Waals surface area contributed by atoms with Gasteiger partial charge in [-0.05, 0) is 30.7 Å². The molecule has 0 spiro atoms. The molecular weight excluding hydrogens is 408 g/mol.